The number of ketones is 1. The largest absolute Gasteiger partial charge is 0.464 e. The van der Waals surface area contributed by atoms with Crippen LogP contribution in [-0.2, 0) is 73.2 Å². The minimum Gasteiger partial charge on any atom is -0.464 e. The molecule has 0 spiro atoms. The standard InChI is InChI=1S/C60H101N5O15/c1-16-40(9)55(64(12)59(73)54(39(7)8)63-58(72)53(37(3)4)38(5)6)48(75-13)34-50(69)65-30-22-26-46(65)56(77-15)41(10)47(67)33-44(32-43-24-19-18-20-25-43)57(71)61-29-23-31-78-60(74)42(11)62-49(68)27-21-28-51(70)79-36-52(76-14)80-45(17-2)35-66/h18-20,24-25,37-42,44-46,48,52-56,66H,16-17,21-23,26-36H2,1-15H3,(H,61,71)(H,62,68)(H,63,72)/t40-,41-,42-,44+,45?,46-,48+,52?,54-,55-,56+/m0/s1. The van der Waals surface area contributed by atoms with E-state index in [1.807, 2.05) is 92.6 Å². The van der Waals surface area contributed by atoms with Crippen molar-refractivity contribution < 1.29 is 71.9 Å². The molecule has 20 nitrogen and oxygen atoms in total. The van der Waals surface area contributed by atoms with Crippen LogP contribution in [-0.4, -0.2) is 172 Å². The van der Waals surface area contributed by atoms with Crippen LogP contribution in [0.25, 0.3) is 0 Å². The Bertz CT molecular complexity index is 2050. The Kier molecular flexibility index (Phi) is 33.0. The Labute approximate surface area is 477 Å². The van der Waals surface area contributed by atoms with E-state index in [0.717, 1.165) is 5.56 Å². The van der Waals surface area contributed by atoms with Gasteiger partial charge in [-0.15, -0.1) is 0 Å². The summed E-state index contributed by atoms with van der Waals surface area (Å²) in [5.41, 5.74) is 0.866. The van der Waals surface area contributed by atoms with Crippen molar-refractivity contribution in [1.29, 1.82) is 0 Å². The maximum Gasteiger partial charge on any atom is 0.328 e. The van der Waals surface area contributed by atoms with Crippen molar-refractivity contribution in [2.24, 2.45) is 41.4 Å². The third-order valence-corrected chi connectivity index (χ3v) is 15.5. The van der Waals surface area contributed by atoms with Crippen LogP contribution in [0.15, 0.2) is 30.3 Å². The van der Waals surface area contributed by atoms with E-state index in [0.29, 0.717) is 32.2 Å². The number of hydrogen-bond acceptors (Lipinski definition) is 15. The maximum absolute atomic E-state index is 14.5. The number of aliphatic hydroxyl groups is 1. The Morgan fingerprint density at radius 1 is 0.775 bits per heavy atom. The number of hydrogen-bond donors (Lipinski definition) is 4. The lowest BCUT2D eigenvalue weighted by molar-refractivity contribution is -0.194. The van der Waals surface area contributed by atoms with Gasteiger partial charge in [-0.1, -0.05) is 106 Å². The molecule has 1 fully saturated rings. The number of Topliss-reactive ketones (excluding diaryl/α,β-unsaturated/α-hetero) is 1. The Morgan fingerprint density at radius 3 is 2.00 bits per heavy atom. The van der Waals surface area contributed by atoms with Gasteiger partial charge in [-0.2, -0.15) is 0 Å². The molecule has 0 aromatic heterocycles. The lowest BCUT2D eigenvalue weighted by Gasteiger charge is -2.41. The first-order valence-electron chi connectivity index (χ1n) is 29.1. The first-order valence-corrected chi connectivity index (χ1v) is 29.1. The summed E-state index contributed by atoms with van der Waals surface area (Å²) in [6.07, 6.45) is 0.359. The van der Waals surface area contributed by atoms with Gasteiger partial charge in [0.05, 0.1) is 50.0 Å². The number of carbonyl (C=O) groups excluding carboxylic acids is 8. The quantitative estimate of drug-likeness (QED) is 0.0344. The van der Waals surface area contributed by atoms with Crippen molar-refractivity contribution in [1.82, 2.24) is 25.8 Å². The van der Waals surface area contributed by atoms with Gasteiger partial charge < -0.3 is 59.3 Å². The molecule has 0 bridgehead atoms. The Hall–Kier alpha value is -5.02. The lowest BCUT2D eigenvalue weighted by atomic mass is 9.84. The van der Waals surface area contributed by atoms with E-state index in [4.69, 9.17) is 28.4 Å². The van der Waals surface area contributed by atoms with E-state index in [1.54, 1.807) is 30.9 Å². The first-order chi connectivity index (χ1) is 37.9. The number of likely N-dealkylation sites (tertiary alicyclic amines) is 1. The molecular weight excluding hydrogens is 1030 g/mol. The molecule has 1 heterocycles. The monoisotopic (exact) mass is 1130 g/mol. The highest BCUT2D eigenvalue weighted by Gasteiger charge is 2.43. The number of rotatable bonds is 39. The highest BCUT2D eigenvalue weighted by atomic mass is 16.7. The molecule has 1 saturated heterocycles. The molecule has 1 aliphatic rings. The van der Waals surface area contributed by atoms with E-state index in [-0.39, 0.29) is 130 Å². The molecule has 0 radical (unpaired) electrons. The van der Waals surface area contributed by atoms with E-state index in [1.165, 1.54) is 21.1 Å². The van der Waals surface area contributed by atoms with Gasteiger partial charge in [0, 0.05) is 78.5 Å². The minimum absolute atomic E-state index is 0.0305. The SMILES string of the molecule is CCC(CO)OC(COC(=O)CCCC(=O)N[C@@H](C)C(=O)OCCCNC(=O)[C@@H](CC(=O)[C@H](C)[C@@H](OC)[C@@H]1CCCN1C(=O)C[C@@H](OC)[C@H]([C@@H](C)CC)N(C)C(=O)[C@@H](NC(=O)C(C(C)C)C(C)C)C(C)C)Cc1ccccc1)OC. The summed E-state index contributed by atoms with van der Waals surface area (Å²) in [6, 6.07) is 6.68. The molecule has 20 heteroatoms. The molecule has 456 valence electrons. The number of methoxy groups -OCH3 is 3. The van der Waals surface area contributed by atoms with Crippen molar-refractivity contribution in [3.8, 4) is 0 Å². The van der Waals surface area contributed by atoms with Crippen molar-refractivity contribution >= 4 is 47.3 Å². The summed E-state index contributed by atoms with van der Waals surface area (Å²) in [5, 5.41) is 17.9. The molecule has 2 rings (SSSR count). The van der Waals surface area contributed by atoms with Gasteiger partial charge in [-0.25, -0.2) is 4.79 Å². The second kappa shape index (κ2) is 37.2. The molecule has 2 unspecified atom stereocenters. The predicted octanol–water partition coefficient (Wildman–Crippen LogP) is 5.82. The molecule has 4 N–H and O–H groups in total. The summed E-state index contributed by atoms with van der Waals surface area (Å²) in [4.78, 5) is 112. The lowest BCUT2D eigenvalue weighted by Crippen LogP contribution is -2.58. The number of esters is 2. The molecule has 1 aromatic carbocycles. The van der Waals surface area contributed by atoms with Gasteiger partial charge in [-0.3, -0.25) is 33.6 Å². The van der Waals surface area contributed by atoms with Crippen LogP contribution < -0.4 is 16.0 Å². The summed E-state index contributed by atoms with van der Waals surface area (Å²) >= 11 is 0. The van der Waals surface area contributed by atoms with Gasteiger partial charge in [-0.05, 0) is 74.7 Å². The van der Waals surface area contributed by atoms with Crippen molar-refractivity contribution in [3.05, 3.63) is 35.9 Å². The van der Waals surface area contributed by atoms with E-state index in [2.05, 4.69) is 16.0 Å². The maximum atomic E-state index is 14.5. The zero-order chi connectivity index (χ0) is 60.2. The number of likely N-dealkylation sites (N-methyl/N-ethyl adjacent to an activating group) is 1. The van der Waals surface area contributed by atoms with Crippen LogP contribution in [0.2, 0.25) is 0 Å². The number of nitrogens with one attached hydrogen (secondary N) is 3. The van der Waals surface area contributed by atoms with Gasteiger partial charge in [0.25, 0.3) is 0 Å². The number of nitrogens with zero attached hydrogens (tertiary/aromatic N) is 2. The topological polar surface area (TPSA) is 255 Å². The summed E-state index contributed by atoms with van der Waals surface area (Å²) in [7, 11) is 6.18. The minimum atomic E-state index is -0.971. The molecule has 0 aliphatic carbocycles. The first kappa shape index (κ1) is 71.1. The average molecular weight is 1130 g/mol. The molecule has 80 heavy (non-hydrogen) atoms. The number of amides is 5. The van der Waals surface area contributed by atoms with Gasteiger partial charge in [0.15, 0.2) is 6.29 Å². The molecule has 11 atom stereocenters. The molecule has 1 aromatic rings. The third-order valence-electron chi connectivity index (χ3n) is 15.5. The Balaban J connectivity index is 2.07. The highest BCUT2D eigenvalue weighted by Crippen LogP contribution is 2.31. The second-order valence-corrected chi connectivity index (χ2v) is 22.5. The second-order valence-electron chi connectivity index (χ2n) is 22.5. The van der Waals surface area contributed by atoms with Gasteiger partial charge in [0.2, 0.25) is 29.5 Å². The third kappa shape index (κ3) is 23.1. The van der Waals surface area contributed by atoms with Crippen LogP contribution in [0.1, 0.15) is 146 Å². The highest BCUT2D eigenvalue weighted by molar-refractivity contribution is 5.90. The summed E-state index contributed by atoms with van der Waals surface area (Å²) in [5.74, 6) is -4.66. The summed E-state index contributed by atoms with van der Waals surface area (Å²) in [6.45, 7) is 21.2. The zero-order valence-electron chi connectivity index (χ0n) is 50.9. The number of carbonyl (C=O) groups is 8. The van der Waals surface area contributed by atoms with Crippen LogP contribution in [0.4, 0.5) is 0 Å². The van der Waals surface area contributed by atoms with E-state index >= 15 is 0 Å². The smallest absolute Gasteiger partial charge is 0.328 e. The number of benzene rings is 1. The fraction of sp³-hybridized carbons (Fsp3) is 0.767. The molecule has 1 aliphatic heterocycles. The van der Waals surface area contributed by atoms with Crippen molar-refractivity contribution in [3.63, 3.8) is 0 Å². The molecule has 5 amide bonds. The van der Waals surface area contributed by atoms with E-state index < -0.39 is 78.5 Å². The molecule has 0 saturated carbocycles. The molecular formula is C60H101N5O15. The average Bonchev–Trinajstić information content (AvgIpc) is 3.92. The van der Waals surface area contributed by atoms with Crippen LogP contribution in [0, 0.1) is 41.4 Å². The Morgan fingerprint density at radius 2 is 1.44 bits per heavy atom. The predicted molar refractivity (Wildman–Crippen MR) is 303 cm³/mol. The van der Waals surface area contributed by atoms with Crippen LogP contribution in [0.5, 0.6) is 0 Å². The van der Waals surface area contributed by atoms with E-state index in [9.17, 15) is 43.5 Å². The zero-order valence-corrected chi connectivity index (χ0v) is 50.9. The van der Waals surface area contributed by atoms with Crippen molar-refractivity contribution in [2.75, 3.05) is 61.3 Å². The fourth-order valence-corrected chi connectivity index (χ4v) is 10.7. The van der Waals surface area contributed by atoms with Gasteiger partial charge >= 0.3 is 11.9 Å². The number of aliphatic hydroxyl groups excluding tert-OH is 1. The van der Waals surface area contributed by atoms with Crippen LogP contribution in [0.3, 0.4) is 0 Å². The normalized spacial score (nSPS) is 17.4. The fourth-order valence-electron chi connectivity index (χ4n) is 10.7. The van der Waals surface area contributed by atoms with Gasteiger partial charge in [0.1, 0.15) is 24.5 Å². The van der Waals surface area contributed by atoms with Crippen molar-refractivity contribution in [2.45, 2.75) is 196 Å². The number of ether oxygens (including phenoxy) is 6. The summed E-state index contributed by atoms with van der Waals surface area (Å²) < 4.78 is 33.4. The van der Waals surface area contributed by atoms with Crippen LogP contribution >= 0.6 is 0 Å².